The molecular weight excluding hydrogens is 278 g/mol. The zero-order valence-corrected chi connectivity index (χ0v) is 12.5. The number of hydrogen-bond donors (Lipinski definition) is 1. The molecule has 1 rings (SSSR count). The summed E-state index contributed by atoms with van der Waals surface area (Å²) in [7, 11) is 1.30. The van der Waals surface area contributed by atoms with E-state index in [9.17, 15) is 9.59 Å². The Morgan fingerprint density at radius 3 is 2.35 bits per heavy atom. The molecule has 1 aromatic carbocycles. The summed E-state index contributed by atoms with van der Waals surface area (Å²) < 4.78 is 4.66. The Bertz CT molecular complexity index is 494. The van der Waals surface area contributed by atoms with Gasteiger partial charge in [0.2, 0.25) is 5.91 Å². The van der Waals surface area contributed by atoms with Crippen molar-refractivity contribution < 1.29 is 14.3 Å². The second-order valence-corrected chi connectivity index (χ2v) is 5.07. The summed E-state index contributed by atoms with van der Waals surface area (Å²) in [5.74, 6) is -0.840. The smallest absolute Gasteiger partial charge is 0.328 e. The number of rotatable bonds is 5. The largest absolute Gasteiger partial charge is 0.467 e. The average molecular weight is 296 g/mol. The van der Waals surface area contributed by atoms with Gasteiger partial charge in [0.05, 0.1) is 7.11 Å². The van der Waals surface area contributed by atoms with Crippen molar-refractivity contribution in [2.75, 3.05) is 7.11 Å². The summed E-state index contributed by atoms with van der Waals surface area (Å²) in [6.07, 6.45) is 3.03. The van der Waals surface area contributed by atoms with E-state index in [2.05, 4.69) is 10.1 Å². The van der Waals surface area contributed by atoms with Crippen molar-refractivity contribution in [3.05, 3.63) is 40.9 Å². The fourth-order valence-corrected chi connectivity index (χ4v) is 1.70. The predicted octanol–water partition coefficient (Wildman–Crippen LogP) is 2.67. The lowest BCUT2D eigenvalue weighted by molar-refractivity contribution is -0.145. The topological polar surface area (TPSA) is 55.4 Å². The van der Waals surface area contributed by atoms with Crippen LogP contribution in [0.5, 0.6) is 0 Å². The molecule has 0 heterocycles. The van der Waals surface area contributed by atoms with Crippen LogP contribution in [0.3, 0.4) is 0 Å². The Balaban J connectivity index is 2.66. The molecule has 0 bridgehead atoms. The number of hydrogen-bond acceptors (Lipinski definition) is 3. The summed E-state index contributed by atoms with van der Waals surface area (Å²) in [5.41, 5.74) is 0.851. The maximum Gasteiger partial charge on any atom is 0.328 e. The third kappa shape index (κ3) is 5.05. The highest BCUT2D eigenvalue weighted by Gasteiger charge is 2.23. The summed E-state index contributed by atoms with van der Waals surface area (Å²) in [6, 6.07) is 6.43. The normalized spacial score (nSPS) is 12.4. The first kappa shape index (κ1) is 16.2. The molecule has 0 fully saturated rings. The zero-order chi connectivity index (χ0) is 15.1. The van der Waals surface area contributed by atoms with Crippen molar-refractivity contribution >= 4 is 29.6 Å². The van der Waals surface area contributed by atoms with E-state index >= 15 is 0 Å². The van der Waals surface area contributed by atoms with Gasteiger partial charge in [0.15, 0.2) is 0 Å². The highest BCUT2D eigenvalue weighted by Crippen LogP contribution is 2.10. The Morgan fingerprint density at radius 1 is 1.25 bits per heavy atom. The van der Waals surface area contributed by atoms with E-state index < -0.39 is 12.0 Å². The lowest BCUT2D eigenvalue weighted by Gasteiger charge is -2.18. The van der Waals surface area contributed by atoms with Crippen LogP contribution < -0.4 is 5.32 Å². The molecule has 5 heteroatoms. The third-order valence-corrected chi connectivity index (χ3v) is 2.97. The van der Waals surface area contributed by atoms with Crippen LogP contribution in [0.4, 0.5) is 0 Å². The summed E-state index contributed by atoms with van der Waals surface area (Å²) in [6.45, 7) is 3.68. The minimum atomic E-state index is -0.651. The van der Waals surface area contributed by atoms with E-state index in [-0.39, 0.29) is 11.8 Å². The van der Waals surface area contributed by atoms with Crippen LogP contribution in [-0.4, -0.2) is 25.0 Å². The van der Waals surface area contributed by atoms with Crippen molar-refractivity contribution in [1.29, 1.82) is 0 Å². The van der Waals surface area contributed by atoms with Crippen molar-refractivity contribution in [3.8, 4) is 0 Å². The van der Waals surface area contributed by atoms with Crippen LogP contribution in [0.15, 0.2) is 30.3 Å². The fourth-order valence-electron chi connectivity index (χ4n) is 1.57. The highest BCUT2D eigenvalue weighted by molar-refractivity contribution is 6.30. The van der Waals surface area contributed by atoms with Gasteiger partial charge in [-0.15, -0.1) is 0 Å². The minimum Gasteiger partial charge on any atom is -0.467 e. The number of amides is 1. The number of halogens is 1. The quantitative estimate of drug-likeness (QED) is 0.671. The number of ether oxygens (including phenoxy) is 1. The van der Waals surface area contributed by atoms with Crippen LogP contribution in [-0.2, 0) is 14.3 Å². The number of carbonyl (C=O) groups excluding carboxylic acids is 2. The predicted molar refractivity (Wildman–Crippen MR) is 79.3 cm³/mol. The summed E-state index contributed by atoms with van der Waals surface area (Å²) in [5, 5.41) is 3.26. The molecule has 1 atom stereocenters. The van der Waals surface area contributed by atoms with E-state index in [0.29, 0.717) is 5.02 Å². The molecule has 0 aromatic heterocycles. The maximum atomic E-state index is 11.8. The first-order chi connectivity index (χ1) is 9.43. The molecule has 0 aliphatic heterocycles. The first-order valence-corrected chi connectivity index (χ1v) is 6.64. The number of methoxy groups -OCH3 is 1. The fraction of sp³-hybridized carbons (Fsp3) is 0.333. The van der Waals surface area contributed by atoms with Gasteiger partial charge < -0.3 is 10.1 Å². The van der Waals surface area contributed by atoms with Crippen molar-refractivity contribution in [1.82, 2.24) is 5.32 Å². The molecule has 0 aliphatic carbocycles. The SMILES string of the molecule is COC(=O)[C@@H](NC(=O)C=Cc1ccc(Cl)cc1)C(C)C. The standard InChI is InChI=1S/C15H18ClNO3/c1-10(2)14(15(19)20-3)17-13(18)9-6-11-4-7-12(16)8-5-11/h4-10,14H,1-3H3,(H,17,18)/t14-/m0/s1. The number of benzene rings is 1. The Kier molecular flexibility index (Phi) is 6.25. The van der Waals surface area contributed by atoms with Gasteiger partial charge in [-0.05, 0) is 29.7 Å². The monoisotopic (exact) mass is 295 g/mol. The van der Waals surface area contributed by atoms with Gasteiger partial charge in [-0.1, -0.05) is 37.6 Å². The van der Waals surface area contributed by atoms with Gasteiger partial charge in [0, 0.05) is 11.1 Å². The van der Waals surface area contributed by atoms with Gasteiger partial charge in [0.1, 0.15) is 6.04 Å². The van der Waals surface area contributed by atoms with Crippen LogP contribution in [0.1, 0.15) is 19.4 Å². The van der Waals surface area contributed by atoms with E-state index in [1.807, 2.05) is 13.8 Å². The van der Waals surface area contributed by atoms with Crippen molar-refractivity contribution in [2.45, 2.75) is 19.9 Å². The maximum absolute atomic E-state index is 11.8. The molecule has 4 nitrogen and oxygen atoms in total. The van der Waals surface area contributed by atoms with E-state index in [1.54, 1.807) is 30.3 Å². The number of esters is 1. The molecule has 0 saturated heterocycles. The van der Waals surface area contributed by atoms with E-state index in [4.69, 9.17) is 11.6 Å². The van der Waals surface area contributed by atoms with Gasteiger partial charge in [-0.25, -0.2) is 4.79 Å². The van der Waals surface area contributed by atoms with Gasteiger partial charge in [0.25, 0.3) is 0 Å². The Hall–Kier alpha value is -1.81. The molecular formula is C15H18ClNO3. The molecule has 20 heavy (non-hydrogen) atoms. The second kappa shape index (κ2) is 7.70. The molecule has 1 aromatic rings. The van der Waals surface area contributed by atoms with Crippen LogP contribution in [0.2, 0.25) is 5.02 Å². The molecule has 0 spiro atoms. The number of carbonyl (C=O) groups is 2. The molecule has 0 aliphatic rings. The summed E-state index contributed by atoms with van der Waals surface area (Å²) in [4.78, 5) is 23.3. The Morgan fingerprint density at radius 2 is 1.85 bits per heavy atom. The van der Waals surface area contributed by atoms with E-state index in [1.165, 1.54) is 13.2 Å². The molecule has 1 amide bonds. The molecule has 1 N–H and O–H groups in total. The molecule has 0 saturated carbocycles. The first-order valence-electron chi connectivity index (χ1n) is 6.26. The van der Waals surface area contributed by atoms with Gasteiger partial charge >= 0.3 is 5.97 Å². The zero-order valence-electron chi connectivity index (χ0n) is 11.7. The van der Waals surface area contributed by atoms with Crippen molar-refractivity contribution in [3.63, 3.8) is 0 Å². The third-order valence-electron chi connectivity index (χ3n) is 2.72. The minimum absolute atomic E-state index is 0.0460. The van der Waals surface area contributed by atoms with Crippen LogP contribution >= 0.6 is 11.6 Å². The van der Waals surface area contributed by atoms with Crippen molar-refractivity contribution in [2.24, 2.45) is 5.92 Å². The van der Waals surface area contributed by atoms with Crippen LogP contribution in [0, 0.1) is 5.92 Å². The van der Waals surface area contributed by atoms with Gasteiger partial charge in [-0.3, -0.25) is 4.79 Å². The molecule has 0 radical (unpaired) electrons. The lowest BCUT2D eigenvalue weighted by Crippen LogP contribution is -2.44. The van der Waals surface area contributed by atoms with Gasteiger partial charge in [-0.2, -0.15) is 0 Å². The summed E-state index contributed by atoms with van der Waals surface area (Å²) >= 11 is 5.77. The lowest BCUT2D eigenvalue weighted by atomic mass is 10.0. The molecule has 108 valence electrons. The second-order valence-electron chi connectivity index (χ2n) is 4.64. The highest BCUT2D eigenvalue weighted by atomic mass is 35.5. The van der Waals surface area contributed by atoms with E-state index in [0.717, 1.165) is 5.56 Å². The number of nitrogens with one attached hydrogen (secondary N) is 1. The average Bonchev–Trinajstić information content (AvgIpc) is 2.43. The van der Waals surface area contributed by atoms with Crippen LogP contribution in [0.25, 0.3) is 6.08 Å². The Labute approximate surface area is 123 Å². The molecule has 0 unspecified atom stereocenters.